The van der Waals surface area contributed by atoms with Gasteiger partial charge in [0.25, 0.3) is 0 Å². The molecule has 0 aromatic heterocycles. The fraction of sp³-hybridized carbons (Fsp3) is 0.161. The molecule has 0 fully saturated rings. The van der Waals surface area contributed by atoms with Crippen LogP contribution >= 0.6 is 0 Å². The zero-order chi connectivity index (χ0) is 25.3. The Kier molecular flexibility index (Phi) is 8.24. The van der Waals surface area contributed by atoms with Crippen molar-refractivity contribution in [1.82, 2.24) is 0 Å². The molecule has 0 bridgehead atoms. The lowest BCUT2D eigenvalue weighted by Crippen LogP contribution is -2.21. The lowest BCUT2D eigenvalue weighted by atomic mass is 9.98. The van der Waals surface area contributed by atoms with Gasteiger partial charge < -0.3 is 9.47 Å². The molecule has 1 aliphatic carbocycles. The third-order valence-corrected chi connectivity index (χ3v) is 5.82. The maximum absolute atomic E-state index is 13.1. The van der Waals surface area contributed by atoms with Gasteiger partial charge in [0.15, 0.2) is 0 Å². The molecule has 1 unspecified atom stereocenters. The van der Waals surface area contributed by atoms with E-state index in [2.05, 4.69) is 30.8 Å². The van der Waals surface area contributed by atoms with Crippen molar-refractivity contribution in [3.05, 3.63) is 121 Å². The van der Waals surface area contributed by atoms with Crippen molar-refractivity contribution in [1.29, 1.82) is 0 Å². The number of hydrogen-bond acceptors (Lipinski definition) is 4. The van der Waals surface area contributed by atoms with Crippen LogP contribution in [0.5, 0.6) is 5.75 Å². The van der Waals surface area contributed by atoms with Gasteiger partial charge >= 0.3 is 11.9 Å². The van der Waals surface area contributed by atoms with E-state index in [9.17, 15) is 14.0 Å². The minimum Gasteiger partial charge on any atom is -0.457 e. The molecule has 4 nitrogen and oxygen atoms in total. The van der Waals surface area contributed by atoms with Gasteiger partial charge in [-0.1, -0.05) is 66.8 Å². The minimum absolute atomic E-state index is 0.293. The van der Waals surface area contributed by atoms with Crippen LogP contribution in [0.15, 0.2) is 104 Å². The quantitative estimate of drug-likeness (QED) is 0.145. The third-order valence-electron chi connectivity index (χ3n) is 5.82. The molecule has 0 N–H and O–H groups in total. The average Bonchev–Trinajstić information content (AvgIpc) is 2.89. The lowest BCUT2D eigenvalue weighted by Gasteiger charge is -2.17. The molecular weight excluding hydrogens is 455 g/mol. The van der Waals surface area contributed by atoms with E-state index < -0.39 is 24.5 Å². The summed E-state index contributed by atoms with van der Waals surface area (Å²) >= 11 is 0. The van der Waals surface area contributed by atoms with Crippen LogP contribution in [-0.2, 0) is 20.7 Å². The Hall–Kier alpha value is -4.25. The molecule has 0 amide bonds. The molecule has 1 atom stereocenters. The van der Waals surface area contributed by atoms with Crippen LogP contribution in [0.2, 0.25) is 0 Å². The molecule has 182 valence electrons. The van der Waals surface area contributed by atoms with Crippen molar-refractivity contribution in [2.75, 3.05) is 0 Å². The Morgan fingerprint density at radius 2 is 1.53 bits per heavy atom. The average molecular weight is 483 g/mol. The molecule has 0 spiro atoms. The highest BCUT2D eigenvalue weighted by Crippen LogP contribution is 2.25. The predicted octanol–water partition coefficient (Wildman–Crippen LogP) is 6.86. The summed E-state index contributed by atoms with van der Waals surface area (Å²) in [5, 5.41) is 0. The second kappa shape index (κ2) is 11.9. The highest BCUT2D eigenvalue weighted by Gasteiger charge is 2.18. The molecule has 0 radical (unpaired) electrons. The van der Waals surface area contributed by atoms with Crippen molar-refractivity contribution in [3.63, 3.8) is 0 Å². The SMILES string of the molecule is C=CCCc1ccc(-c2ccc(OC(=O)CC(=O)OC3C=CC(c4ccc(F)cc4)=CC3)cc2)cc1. The van der Waals surface area contributed by atoms with Gasteiger partial charge in [-0.25, -0.2) is 4.39 Å². The second-order valence-corrected chi connectivity index (χ2v) is 8.49. The van der Waals surface area contributed by atoms with Crippen LogP contribution in [0, 0.1) is 5.82 Å². The zero-order valence-corrected chi connectivity index (χ0v) is 19.9. The molecule has 3 aromatic carbocycles. The van der Waals surface area contributed by atoms with Gasteiger partial charge in [-0.05, 0) is 71.0 Å². The number of hydrogen-bond donors (Lipinski definition) is 0. The van der Waals surface area contributed by atoms with E-state index in [0.717, 1.165) is 35.1 Å². The highest BCUT2D eigenvalue weighted by atomic mass is 19.1. The molecule has 0 heterocycles. The summed E-state index contributed by atoms with van der Waals surface area (Å²) in [5.74, 6) is -1.26. The summed E-state index contributed by atoms with van der Waals surface area (Å²) in [6.45, 7) is 3.75. The summed E-state index contributed by atoms with van der Waals surface area (Å²) in [5.41, 5.74) is 5.13. The largest absolute Gasteiger partial charge is 0.457 e. The van der Waals surface area contributed by atoms with E-state index in [1.54, 1.807) is 30.3 Å². The molecular formula is C31H27FO4. The monoisotopic (exact) mass is 482 g/mol. The zero-order valence-electron chi connectivity index (χ0n) is 19.9. The smallest absolute Gasteiger partial charge is 0.322 e. The number of ether oxygens (including phenoxy) is 2. The van der Waals surface area contributed by atoms with Crippen molar-refractivity contribution >= 4 is 17.5 Å². The fourth-order valence-electron chi connectivity index (χ4n) is 3.89. The van der Waals surface area contributed by atoms with Gasteiger partial charge in [0.05, 0.1) is 0 Å². The Labute approximate surface area is 210 Å². The number of aryl methyl sites for hydroxylation is 1. The molecule has 3 aromatic rings. The van der Waals surface area contributed by atoms with E-state index in [1.807, 2.05) is 30.4 Å². The Morgan fingerprint density at radius 3 is 2.14 bits per heavy atom. The van der Waals surface area contributed by atoms with Crippen LogP contribution in [0.25, 0.3) is 16.7 Å². The summed E-state index contributed by atoms with van der Waals surface area (Å²) < 4.78 is 23.8. The molecule has 5 heteroatoms. The number of rotatable bonds is 9. The first-order valence-electron chi connectivity index (χ1n) is 11.8. The van der Waals surface area contributed by atoms with Gasteiger partial charge in [-0.3, -0.25) is 9.59 Å². The Balaban J connectivity index is 1.24. The number of halogens is 1. The highest BCUT2D eigenvalue weighted by molar-refractivity contribution is 5.92. The summed E-state index contributed by atoms with van der Waals surface area (Å²) in [4.78, 5) is 24.4. The van der Waals surface area contributed by atoms with E-state index in [1.165, 1.54) is 17.7 Å². The first-order chi connectivity index (χ1) is 17.5. The van der Waals surface area contributed by atoms with E-state index in [4.69, 9.17) is 9.47 Å². The summed E-state index contributed by atoms with van der Waals surface area (Å²) in [6, 6.07) is 21.7. The van der Waals surface area contributed by atoms with E-state index in [0.29, 0.717) is 12.2 Å². The molecule has 1 aliphatic rings. The molecule has 0 aliphatic heterocycles. The van der Waals surface area contributed by atoms with Gasteiger partial charge in [-0.2, -0.15) is 0 Å². The fourth-order valence-corrected chi connectivity index (χ4v) is 3.89. The van der Waals surface area contributed by atoms with Crippen LogP contribution in [0.1, 0.15) is 30.4 Å². The number of carbonyl (C=O) groups is 2. The second-order valence-electron chi connectivity index (χ2n) is 8.49. The van der Waals surface area contributed by atoms with Gasteiger partial charge in [0.2, 0.25) is 0 Å². The lowest BCUT2D eigenvalue weighted by molar-refractivity contribution is -0.152. The number of esters is 2. The maximum Gasteiger partial charge on any atom is 0.322 e. The van der Waals surface area contributed by atoms with Gasteiger partial charge in [0.1, 0.15) is 24.1 Å². The molecule has 36 heavy (non-hydrogen) atoms. The number of carbonyl (C=O) groups excluding carboxylic acids is 2. The van der Waals surface area contributed by atoms with E-state index in [-0.39, 0.29) is 5.82 Å². The van der Waals surface area contributed by atoms with Crippen LogP contribution in [0.3, 0.4) is 0 Å². The molecule has 4 rings (SSSR count). The summed E-state index contributed by atoms with van der Waals surface area (Å²) in [6.07, 6.45) is 8.84. The van der Waals surface area contributed by atoms with E-state index >= 15 is 0 Å². The third kappa shape index (κ3) is 6.89. The normalized spacial score (nSPS) is 14.6. The van der Waals surface area contributed by atoms with Crippen molar-refractivity contribution in [3.8, 4) is 16.9 Å². The molecule has 0 saturated carbocycles. The van der Waals surface area contributed by atoms with Crippen LogP contribution in [0.4, 0.5) is 4.39 Å². The van der Waals surface area contributed by atoms with Crippen molar-refractivity contribution < 1.29 is 23.5 Å². The van der Waals surface area contributed by atoms with Gasteiger partial charge in [0, 0.05) is 6.42 Å². The van der Waals surface area contributed by atoms with Crippen molar-refractivity contribution in [2.24, 2.45) is 0 Å². The van der Waals surface area contributed by atoms with Crippen LogP contribution in [-0.4, -0.2) is 18.0 Å². The van der Waals surface area contributed by atoms with Gasteiger partial charge in [-0.15, -0.1) is 6.58 Å². The standard InChI is InChI=1S/C31H27FO4/c1-2-3-4-22-5-7-23(8-6-22)25-11-17-28(18-12-25)35-30(33)21-31(34)36-29-19-13-26(14-20-29)24-9-15-27(32)16-10-24/h2,5-19,29H,1,3-4,20-21H2. The first kappa shape index (κ1) is 24.9. The van der Waals surface area contributed by atoms with Crippen molar-refractivity contribution in [2.45, 2.75) is 31.8 Å². The number of allylic oxidation sites excluding steroid dienone is 3. The minimum atomic E-state index is -0.679. The van der Waals surface area contributed by atoms with Crippen LogP contribution < -0.4 is 4.74 Å². The topological polar surface area (TPSA) is 52.6 Å². The Morgan fingerprint density at radius 1 is 0.889 bits per heavy atom. The number of benzene rings is 3. The summed E-state index contributed by atoms with van der Waals surface area (Å²) in [7, 11) is 0. The Bertz CT molecular complexity index is 1270. The predicted molar refractivity (Wildman–Crippen MR) is 139 cm³/mol. The first-order valence-corrected chi connectivity index (χ1v) is 11.8. The maximum atomic E-state index is 13.1. The molecule has 0 saturated heterocycles.